The minimum absolute atomic E-state index is 0.245. The predicted octanol–water partition coefficient (Wildman–Crippen LogP) is 5.19. The van der Waals surface area contributed by atoms with Gasteiger partial charge >= 0.3 is 0 Å². The Morgan fingerprint density at radius 3 is 2.47 bits per heavy atom. The number of fused-ring (bicyclic) bond motifs is 2. The molecule has 0 aliphatic rings. The Kier molecular flexibility index (Phi) is 4.24. The first-order valence-corrected chi connectivity index (χ1v) is 9.27. The second-order valence-electron chi connectivity index (χ2n) is 7.19. The zero-order chi connectivity index (χ0) is 20.8. The summed E-state index contributed by atoms with van der Waals surface area (Å²) in [5.41, 5.74) is 2.91. The zero-order valence-electron chi connectivity index (χ0n) is 15.9. The van der Waals surface area contributed by atoms with E-state index in [1.54, 1.807) is 18.3 Å². The highest BCUT2D eigenvalue weighted by molar-refractivity contribution is 5.97. The fraction of sp³-hybridized carbons (Fsp3) is 0.0870. The monoisotopic (exact) mass is 404 g/mol. The minimum atomic E-state index is -0.638. The summed E-state index contributed by atoms with van der Waals surface area (Å²) in [4.78, 5) is 12.6. The highest BCUT2D eigenvalue weighted by Crippen LogP contribution is 2.34. The van der Waals surface area contributed by atoms with Crippen LogP contribution in [0, 0.1) is 17.5 Å². The lowest BCUT2D eigenvalue weighted by Gasteiger charge is -2.08. The van der Waals surface area contributed by atoms with Crippen LogP contribution in [0.5, 0.6) is 0 Å². The largest absolute Gasteiger partial charge is 0.335 e. The standard InChI is InChI=1S/C23H15F3N4/c1-30-11-21(20-9-27-12-29-23(20)30)18-3-2-14-7-17(28-10-19(14)22(18)26)6-13-4-15(24)8-16(25)5-13/h2-5,7-12H,6H2,1H3. The lowest BCUT2D eigenvalue weighted by molar-refractivity contribution is 0.580. The third kappa shape index (κ3) is 3.08. The fourth-order valence-electron chi connectivity index (χ4n) is 3.79. The van der Waals surface area contributed by atoms with E-state index < -0.39 is 11.6 Å². The molecule has 0 saturated heterocycles. The van der Waals surface area contributed by atoms with Crippen LogP contribution in [-0.2, 0) is 13.5 Å². The van der Waals surface area contributed by atoms with Crippen molar-refractivity contribution in [3.8, 4) is 11.1 Å². The van der Waals surface area contributed by atoms with Crippen molar-refractivity contribution >= 4 is 21.8 Å². The molecule has 5 aromatic rings. The molecule has 0 aliphatic carbocycles. The molecule has 0 amide bonds. The van der Waals surface area contributed by atoms with Crippen molar-refractivity contribution < 1.29 is 13.2 Å². The van der Waals surface area contributed by atoms with Gasteiger partial charge in [0.05, 0.1) is 0 Å². The van der Waals surface area contributed by atoms with Crippen molar-refractivity contribution in [2.45, 2.75) is 6.42 Å². The number of nitrogens with zero attached hydrogens (tertiary/aromatic N) is 4. The van der Waals surface area contributed by atoms with Gasteiger partial charge in [-0.05, 0) is 29.1 Å². The van der Waals surface area contributed by atoms with Crippen molar-refractivity contribution in [1.82, 2.24) is 19.5 Å². The fourth-order valence-corrected chi connectivity index (χ4v) is 3.79. The second kappa shape index (κ2) is 6.95. The molecule has 3 heterocycles. The molecule has 0 radical (unpaired) electrons. The van der Waals surface area contributed by atoms with Crippen LogP contribution in [0.25, 0.3) is 32.9 Å². The molecule has 0 saturated carbocycles. The lowest BCUT2D eigenvalue weighted by atomic mass is 10.0. The van der Waals surface area contributed by atoms with Gasteiger partial charge in [0.15, 0.2) is 0 Å². The first kappa shape index (κ1) is 18.3. The molecule has 0 spiro atoms. The van der Waals surface area contributed by atoms with Crippen molar-refractivity contribution in [3.63, 3.8) is 0 Å². The Bertz CT molecular complexity index is 1410. The summed E-state index contributed by atoms with van der Waals surface area (Å²) >= 11 is 0. The van der Waals surface area contributed by atoms with Gasteiger partial charge in [-0.25, -0.2) is 23.1 Å². The Balaban J connectivity index is 1.57. The van der Waals surface area contributed by atoms with Gasteiger partial charge in [-0.2, -0.15) is 0 Å². The zero-order valence-corrected chi connectivity index (χ0v) is 15.9. The van der Waals surface area contributed by atoms with Crippen LogP contribution in [0.15, 0.2) is 61.3 Å². The molecule has 7 heteroatoms. The summed E-state index contributed by atoms with van der Waals surface area (Å²) < 4.78 is 44.1. The summed E-state index contributed by atoms with van der Waals surface area (Å²) in [6.45, 7) is 0. The maximum Gasteiger partial charge on any atom is 0.143 e. The van der Waals surface area contributed by atoms with E-state index in [0.29, 0.717) is 33.2 Å². The van der Waals surface area contributed by atoms with Crippen LogP contribution in [0.2, 0.25) is 0 Å². The third-order valence-electron chi connectivity index (χ3n) is 5.13. The number of aryl methyl sites for hydroxylation is 1. The van der Waals surface area contributed by atoms with Crippen molar-refractivity contribution in [2.24, 2.45) is 7.05 Å². The molecule has 0 unspecified atom stereocenters. The van der Waals surface area contributed by atoms with E-state index in [9.17, 15) is 8.78 Å². The molecule has 0 bridgehead atoms. The summed E-state index contributed by atoms with van der Waals surface area (Å²) in [7, 11) is 1.85. The molecule has 0 aliphatic heterocycles. The van der Waals surface area contributed by atoms with E-state index in [1.807, 2.05) is 23.9 Å². The molecule has 148 valence electrons. The van der Waals surface area contributed by atoms with E-state index >= 15 is 4.39 Å². The molecule has 2 aromatic carbocycles. The molecule has 4 nitrogen and oxygen atoms in total. The van der Waals surface area contributed by atoms with Crippen LogP contribution in [0.1, 0.15) is 11.3 Å². The summed E-state index contributed by atoms with van der Waals surface area (Å²) in [6.07, 6.45) is 6.65. The molecule has 30 heavy (non-hydrogen) atoms. The smallest absolute Gasteiger partial charge is 0.143 e. The topological polar surface area (TPSA) is 43.6 Å². The minimum Gasteiger partial charge on any atom is -0.335 e. The van der Waals surface area contributed by atoms with Crippen LogP contribution in [0.3, 0.4) is 0 Å². The van der Waals surface area contributed by atoms with Crippen LogP contribution in [-0.4, -0.2) is 19.5 Å². The Labute approximate surface area is 169 Å². The third-order valence-corrected chi connectivity index (χ3v) is 5.13. The number of pyridine rings is 1. The van der Waals surface area contributed by atoms with Gasteiger partial charge in [0.25, 0.3) is 0 Å². The number of halogens is 3. The van der Waals surface area contributed by atoms with Crippen molar-refractivity contribution in [2.75, 3.05) is 0 Å². The van der Waals surface area contributed by atoms with Gasteiger partial charge in [0, 0.05) is 65.7 Å². The number of rotatable bonds is 3. The molecular formula is C23H15F3N4. The van der Waals surface area contributed by atoms with Gasteiger partial charge in [-0.1, -0.05) is 12.1 Å². The van der Waals surface area contributed by atoms with E-state index in [2.05, 4.69) is 15.0 Å². The first-order chi connectivity index (χ1) is 14.5. The Morgan fingerprint density at radius 2 is 1.67 bits per heavy atom. The number of benzene rings is 2. The second-order valence-corrected chi connectivity index (χ2v) is 7.19. The van der Waals surface area contributed by atoms with Gasteiger partial charge in [-0.15, -0.1) is 0 Å². The van der Waals surface area contributed by atoms with Crippen LogP contribution < -0.4 is 0 Å². The summed E-state index contributed by atoms with van der Waals surface area (Å²) in [6, 6.07) is 8.62. The quantitative estimate of drug-likeness (QED) is 0.416. The summed E-state index contributed by atoms with van der Waals surface area (Å²) in [5, 5.41) is 1.79. The van der Waals surface area contributed by atoms with Crippen molar-refractivity contribution in [1.29, 1.82) is 0 Å². The predicted molar refractivity (Wildman–Crippen MR) is 108 cm³/mol. The lowest BCUT2D eigenvalue weighted by Crippen LogP contribution is -1.96. The van der Waals surface area contributed by atoms with Crippen LogP contribution in [0.4, 0.5) is 13.2 Å². The molecule has 3 aromatic heterocycles. The first-order valence-electron chi connectivity index (χ1n) is 9.27. The van der Waals surface area contributed by atoms with Gasteiger partial charge < -0.3 is 4.57 Å². The molecule has 0 fully saturated rings. The SMILES string of the molecule is Cn1cc(-c2ccc3cc(Cc4cc(F)cc(F)c4)ncc3c2F)c2cncnc21. The van der Waals surface area contributed by atoms with Gasteiger partial charge in [0.2, 0.25) is 0 Å². The van der Waals surface area contributed by atoms with E-state index in [-0.39, 0.29) is 12.2 Å². The maximum atomic E-state index is 15.4. The normalized spacial score (nSPS) is 11.5. The van der Waals surface area contributed by atoms with E-state index in [4.69, 9.17) is 0 Å². The van der Waals surface area contributed by atoms with E-state index in [1.165, 1.54) is 24.7 Å². The Morgan fingerprint density at radius 1 is 0.867 bits per heavy atom. The highest BCUT2D eigenvalue weighted by atomic mass is 19.1. The molecule has 0 N–H and O–H groups in total. The number of hydrogen-bond donors (Lipinski definition) is 0. The average molecular weight is 404 g/mol. The molecule has 5 rings (SSSR count). The van der Waals surface area contributed by atoms with Gasteiger partial charge in [0.1, 0.15) is 29.4 Å². The average Bonchev–Trinajstić information content (AvgIpc) is 3.04. The van der Waals surface area contributed by atoms with Gasteiger partial charge in [-0.3, -0.25) is 4.98 Å². The van der Waals surface area contributed by atoms with Crippen LogP contribution >= 0.6 is 0 Å². The summed E-state index contributed by atoms with van der Waals surface area (Å²) in [5.74, 6) is -1.67. The Hall–Kier alpha value is -3.74. The maximum absolute atomic E-state index is 15.4. The molecular weight excluding hydrogens is 389 g/mol. The van der Waals surface area contributed by atoms with E-state index in [0.717, 1.165) is 17.1 Å². The number of aromatic nitrogens is 4. The molecule has 0 atom stereocenters. The number of hydrogen-bond acceptors (Lipinski definition) is 3. The van der Waals surface area contributed by atoms with Crippen molar-refractivity contribution in [3.05, 3.63) is 90.0 Å². The highest BCUT2D eigenvalue weighted by Gasteiger charge is 2.16.